The topological polar surface area (TPSA) is 95.6 Å². The van der Waals surface area contributed by atoms with Crippen LogP contribution < -0.4 is 10.0 Å². The monoisotopic (exact) mass is 407 g/mol. The summed E-state index contributed by atoms with van der Waals surface area (Å²) >= 11 is 0. The van der Waals surface area contributed by atoms with Crippen molar-refractivity contribution in [1.29, 1.82) is 0 Å². The summed E-state index contributed by atoms with van der Waals surface area (Å²) < 4.78 is 39.9. The first kappa shape index (κ1) is 21.4. The predicted molar refractivity (Wildman–Crippen MR) is 104 cm³/mol. The first-order chi connectivity index (χ1) is 13.3. The Labute approximate surface area is 163 Å². The van der Waals surface area contributed by atoms with E-state index in [1.165, 1.54) is 24.3 Å². The Balaban J connectivity index is 2.00. The first-order valence-corrected chi connectivity index (χ1v) is 10.2. The smallest absolute Gasteiger partial charge is 0.261 e. The zero-order valence-corrected chi connectivity index (χ0v) is 16.4. The fourth-order valence-corrected chi connectivity index (χ4v) is 3.52. The average molecular weight is 407 g/mol. The fourth-order valence-electron chi connectivity index (χ4n) is 2.46. The number of benzene rings is 2. The number of nitrogens with zero attached hydrogens (tertiary/aromatic N) is 1. The molecule has 0 heterocycles. The highest BCUT2D eigenvalue weighted by Gasteiger charge is 2.15. The molecule has 28 heavy (non-hydrogen) atoms. The number of anilines is 1. The lowest BCUT2D eigenvalue weighted by Crippen LogP contribution is -2.39. The van der Waals surface area contributed by atoms with Crippen molar-refractivity contribution in [3.63, 3.8) is 0 Å². The number of rotatable bonds is 8. The van der Waals surface area contributed by atoms with Crippen molar-refractivity contribution in [2.75, 3.05) is 24.4 Å². The molecule has 0 aliphatic carbocycles. The van der Waals surface area contributed by atoms with Crippen molar-refractivity contribution in [2.24, 2.45) is 0 Å². The SMILES string of the molecule is CCN(CC)C(=O)CNC(=O)c1ccc(NS(=O)(=O)c2ccc(F)cc2)cc1. The Morgan fingerprint density at radius 2 is 1.54 bits per heavy atom. The van der Waals surface area contributed by atoms with Gasteiger partial charge in [-0.05, 0) is 62.4 Å². The number of carbonyl (C=O) groups excluding carboxylic acids is 2. The molecule has 0 fully saturated rings. The van der Waals surface area contributed by atoms with Crippen LogP contribution in [-0.2, 0) is 14.8 Å². The third-order valence-electron chi connectivity index (χ3n) is 4.04. The van der Waals surface area contributed by atoms with Gasteiger partial charge in [0.2, 0.25) is 5.91 Å². The Bertz CT molecular complexity index is 925. The van der Waals surface area contributed by atoms with Crippen LogP contribution in [0.5, 0.6) is 0 Å². The number of carbonyl (C=O) groups is 2. The van der Waals surface area contributed by atoms with Gasteiger partial charge < -0.3 is 10.2 Å². The number of nitrogens with one attached hydrogen (secondary N) is 2. The lowest BCUT2D eigenvalue weighted by molar-refractivity contribution is -0.129. The molecule has 7 nitrogen and oxygen atoms in total. The van der Waals surface area contributed by atoms with E-state index in [0.29, 0.717) is 13.1 Å². The zero-order valence-electron chi connectivity index (χ0n) is 15.6. The van der Waals surface area contributed by atoms with Crippen molar-refractivity contribution >= 4 is 27.5 Å². The second-order valence-corrected chi connectivity index (χ2v) is 7.57. The average Bonchev–Trinajstić information content (AvgIpc) is 2.67. The van der Waals surface area contributed by atoms with Gasteiger partial charge in [0.1, 0.15) is 5.82 Å². The minimum Gasteiger partial charge on any atom is -0.343 e. The Kier molecular flexibility index (Phi) is 7.11. The van der Waals surface area contributed by atoms with E-state index < -0.39 is 21.7 Å². The van der Waals surface area contributed by atoms with Crippen LogP contribution in [0.25, 0.3) is 0 Å². The van der Waals surface area contributed by atoms with Crippen LogP contribution in [0, 0.1) is 5.82 Å². The third kappa shape index (κ3) is 5.53. The van der Waals surface area contributed by atoms with Crippen molar-refractivity contribution in [3.05, 3.63) is 59.9 Å². The second-order valence-electron chi connectivity index (χ2n) is 5.89. The highest BCUT2D eigenvalue weighted by molar-refractivity contribution is 7.92. The molecule has 0 aromatic heterocycles. The second kappa shape index (κ2) is 9.32. The molecule has 0 spiro atoms. The van der Waals surface area contributed by atoms with Crippen LogP contribution >= 0.6 is 0 Å². The summed E-state index contributed by atoms with van der Waals surface area (Å²) in [5.41, 5.74) is 0.539. The van der Waals surface area contributed by atoms with E-state index in [0.717, 1.165) is 24.3 Å². The molecule has 2 rings (SSSR count). The van der Waals surface area contributed by atoms with Crippen LogP contribution in [0.3, 0.4) is 0 Å². The third-order valence-corrected chi connectivity index (χ3v) is 5.44. The molecular formula is C19H22FN3O4S. The standard InChI is InChI=1S/C19H22FN3O4S/c1-3-23(4-2)18(24)13-21-19(25)14-5-9-16(10-6-14)22-28(26,27)17-11-7-15(20)8-12-17/h5-12,22H,3-4,13H2,1-2H3,(H,21,25). The summed E-state index contributed by atoms with van der Waals surface area (Å²) in [6.45, 7) is 4.73. The summed E-state index contributed by atoms with van der Waals surface area (Å²) in [7, 11) is -3.87. The van der Waals surface area contributed by atoms with E-state index in [1.807, 2.05) is 13.8 Å². The largest absolute Gasteiger partial charge is 0.343 e. The molecule has 2 amide bonds. The highest BCUT2D eigenvalue weighted by Crippen LogP contribution is 2.17. The maximum absolute atomic E-state index is 12.9. The van der Waals surface area contributed by atoms with E-state index in [9.17, 15) is 22.4 Å². The number of amides is 2. The number of likely N-dealkylation sites (N-methyl/N-ethyl adjacent to an activating group) is 1. The van der Waals surface area contributed by atoms with E-state index in [-0.39, 0.29) is 28.6 Å². The molecule has 0 aliphatic rings. The molecule has 2 aromatic rings. The fraction of sp³-hybridized carbons (Fsp3) is 0.263. The molecule has 0 aliphatic heterocycles. The van der Waals surface area contributed by atoms with Gasteiger partial charge in [-0.3, -0.25) is 14.3 Å². The van der Waals surface area contributed by atoms with Gasteiger partial charge in [-0.1, -0.05) is 0 Å². The summed E-state index contributed by atoms with van der Waals surface area (Å²) in [5.74, 6) is -1.15. The minimum absolute atomic E-state index is 0.0781. The molecule has 150 valence electrons. The summed E-state index contributed by atoms with van der Waals surface area (Å²) in [4.78, 5) is 25.6. The molecule has 2 aromatic carbocycles. The van der Waals surface area contributed by atoms with Crippen molar-refractivity contribution in [2.45, 2.75) is 18.7 Å². The lowest BCUT2D eigenvalue weighted by Gasteiger charge is -2.18. The predicted octanol–water partition coefficient (Wildman–Crippen LogP) is 2.22. The molecule has 9 heteroatoms. The maximum atomic E-state index is 12.9. The number of hydrogen-bond acceptors (Lipinski definition) is 4. The van der Waals surface area contributed by atoms with Crippen LogP contribution in [0.15, 0.2) is 53.4 Å². The molecule has 0 radical (unpaired) electrons. The van der Waals surface area contributed by atoms with E-state index in [1.54, 1.807) is 4.90 Å². The Morgan fingerprint density at radius 1 is 0.964 bits per heavy atom. The molecule has 2 N–H and O–H groups in total. The summed E-state index contributed by atoms with van der Waals surface area (Å²) in [5, 5.41) is 2.54. The normalized spacial score (nSPS) is 11.0. The van der Waals surface area contributed by atoms with Gasteiger partial charge in [-0.15, -0.1) is 0 Å². The molecule has 0 bridgehead atoms. The van der Waals surface area contributed by atoms with Crippen molar-refractivity contribution in [3.8, 4) is 0 Å². The van der Waals surface area contributed by atoms with Gasteiger partial charge in [0.25, 0.3) is 15.9 Å². The maximum Gasteiger partial charge on any atom is 0.261 e. The van der Waals surface area contributed by atoms with E-state index in [4.69, 9.17) is 0 Å². The molecule has 0 atom stereocenters. The van der Waals surface area contributed by atoms with Gasteiger partial charge >= 0.3 is 0 Å². The summed E-state index contributed by atoms with van der Waals surface area (Å²) in [6.07, 6.45) is 0. The molecular weight excluding hydrogens is 385 g/mol. The number of sulfonamides is 1. The Hall–Kier alpha value is -2.94. The van der Waals surface area contributed by atoms with Crippen LogP contribution in [-0.4, -0.2) is 44.8 Å². The lowest BCUT2D eigenvalue weighted by atomic mass is 10.2. The van der Waals surface area contributed by atoms with Crippen LogP contribution in [0.1, 0.15) is 24.2 Å². The zero-order chi connectivity index (χ0) is 20.7. The minimum atomic E-state index is -3.87. The molecule has 0 saturated carbocycles. The van der Waals surface area contributed by atoms with Gasteiger partial charge in [0.05, 0.1) is 11.4 Å². The van der Waals surface area contributed by atoms with Gasteiger partial charge in [0.15, 0.2) is 0 Å². The van der Waals surface area contributed by atoms with E-state index >= 15 is 0 Å². The van der Waals surface area contributed by atoms with Crippen LogP contribution in [0.2, 0.25) is 0 Å². The Morgan fingerprint density at radius 3 is 2.07 bits per heavy atom. The quantitative estimate of drug-likeness (QED) is 0.701. The van der Waals surface area contributed by atoms with Gasteiger partial charge in [-0.2, -0.15) is 0 Å². The highest BCUT2D eigenvalue weighted by atomic mass is 32.2. The molecule has 0 saturated heterocycles. The van der Waals surface area contributed by atoms with Crippen molar-refractivity contribution in [1.82, 2.24) is 10.2 Å². The van der Waals surface area contributed by atoms with Crippen molar-refractivity contribution < 1.29 is 22.4 Å². The molecule has 0 unspecified atom stereocenters. The van der Waals surface area contributed by atoms with Gasteiger partial charge in [-0.25, -0.2) is 12.8 Å². The number of hydrogen-bond donors (Lipinski definition) is 2. The first-order valence-electron chi connectivity index (χ1n) is 8.71. The van der Waals surface area contributed by atoms with Gasteiger partial charge in [0, 0.05) is 24.3 Å². The number of halogens is 1. The summed E-state index contributed by atoms with van der Waals surface area (Å²) in [6, 6.07) is 10.2. The van der Waals surface area contributed by atoms with Crippen LogP contribution in [0.4, 0.5) is 10.1 Å². The van der Waals surface area contributed by atoms with E-state index in [2.05, 4.69) is 10.0 Å².